The van der Waals surface area contributed by atoms with Gasteiger partial charge >= 0.3 is 6.03 Å². The van der Waals surface area contributed by atoms with Gasteiger partial charge in [0.2, 0.25) is 0 Å². The molecule has 3 aromatic rings. The first-order chi connectivity index (χ1) is 14.0. The van der Waals surface area contributed by atoms with Crippen LogP contribution in [0, 0.1) is 0 Å². The number of halogens is 2. The molecule has 1 fully saturated rings. The van der Waals surface area contributed by atoms with Gasteiger partial charge in [0.25, 0.3) is 5.91 Å². The molecule has 2 atom stereocenters. The third-order valence-corrected chi connectivity index (χ3v) is 6.94. The maximum atomic E-state index is 13.3. The number of thioether (sulfide) groups is 1. The summed E-state index contributed by atoms with van der Waals surface area (Å²) in [7, 11) is 0. The quantitative estimate of drug-likeness (QED) is 0.598. The molecule has 3 heterocycles. The molecule has 8 heteroatoms. The summed E-state index contributed by atoms with van der Waals surface area (Å²) in [6, 6.07) is 11.9. The first kappa shape index (κ1) is 18.5. The summed E-state index contributed by atoms with van der Waals surface area (Å²) < 4.78 is 0. The van der Waals surface area contributed by atoms with E-state index in [4.69, 9.17) is 23.2 Å². The number of hydrogen-bond acceptors (Lipinski definition) is 4. The van der Waals surface area contributed by atoms with Gasteiger partial charge in [-0.25, -0.2) is 9.69 Å². The second-order valence-electron chi connectivity index (χ2n) is 6.69. The number of carbonyl (C=O) groups is 2. The fraction of sp³-hybridized carbons (Fsp3) is 0.0952. The van der Waals surface area contributed by atoms with Crippen LogP contribution in [0.3, 0.4) is 0 Å². The molecule has 5 nitrogen and oxygen atoms in total. The summed E-state index contributed by atoms with van der Waals surface area (Å²) >= 11 is 14.0. The van der Waals surface area contributed by atoms with Gasteiger partial charge in [-0.2, -0.15) is 0 Å². The normalized spacial score (nSPS) is 21.2. The predicted molar refractivity (Wildman–Crippen MR) is 117 cm³/mol. The lowest BCUT2D eigenvalue weighted by atomic mass is 10.1. The van der Waals surface area contributed by atoms with Crippen molar-refractivity contribution in [3.05, 3.63) is 76.5 Å². The van der Waals surface area contributed by atoms with Crippen LogP contribution >= 0.6 is 35.0 Å². The SMILES string of the molecule is O=C1NC2C=C(c3c(Cl)cccc3Cl)SC2C(=O)N1c1cncc2ccccc12. The standard InChI is InChI=1S/C21H13Cl2N3O2S/c22-13-6-3-7-14(23)18(13)17-8-15-19(29-17)20(27)26(21(28)25-15)16-10-24-9-11-4-1-2-5-12(11)16/h1-10,15,19H,(H,25,28). The summed E-state index contributed by atoms with van der Waals surface area (Å²) in [5.41, 5.74) is 1.14. The highest BCUT2D eigenvalue weighted by Gasteiger charge is 2.46. The molecule has 1 saturated heterocycles. The minimum absolute atomic E-state index is 0.295. The van der Waals surface area contributed by atoms with E-state index in [0.717, 1.165) is 15.7 Å². The van der Waals surface area contributed by atoms with Gasteiger partial charge in [0.1, 0.15) is 5.25 Å². The molecule has 0 aliphatic carbocycles. The van der Waals surface area contributed by atoms with E-state index in [0.29, 0.717) is 21.3 Å². The molecule has 144 valence electrons. The zero-order chi connectivity index (χ0) is 20.1. The molecule has 0 radical (unpaired) electrons. The van der Waals surface area contributed by atoms with E-state index in [1.165, 1.54) is 16.7 Å². The van der Waals surface area contributed by atoms with Crippen LogP contribution in [0.25, 0.3) is 15.7 Å². The van der Waals surface area contributed by atoms with E-state index in [1.807, 2.05) is 30.3 Å². The van der Waals surface area contributed by atoms with E-state index in [9.17, 15) is 9.59 Å². The molecule has 2 aliphatic rings. The third-order valence-electron chi connectivity index (χ3n) is 4.97. The van der Waals surface area contributed by atoms with Crippen molar-refractivity contribution in [2.24, 2.45) is 0 Å². The maximum Gasteiger partial charge on any atom is 0.329 e. The summed E-state index contributed by atoms with van der Waals surface area (Å²) in [5.74, 6) is -0.295. The summed E-state index contributed by atoms with van der Waals surface area (Å²) in [5, 5.41) is 5.06. The first-order valence-electron chi connectivity index (χ1n) is 8.84. The van der Waals surface area contributed by atoms with Crippen molar-refractivity contribution < 1.29 is 9.59 Å². The third kappa shape index (κ3) is 2.99. The average molecular weight is 442 g/mol. The predicted octanol–water partition coefficient (Wildman–Crippen LogP) is 5.12. The van der Waals surface area contributed by atoms with E-state index in [-0.39, 0.29) is 5.91 Å². The number of aromatic nitrogens is 1. The molecule has 29 heavy (non-hydrogen) atoms. The summed E-state index contributed by atoms with van der Waals surface area (Å²) in [6.45, 7) is 0. The Bertz CT molecular complexity index is 1190. The van der Waals surface area contributed by atoms with Crippen molar-refractivity contribution >= 4 is 68.3 Å². The zero-order valence-electron chi connectivity index (χ0n) is 14.8. The Labute approximate surface area is 180 Å². The molecule has 2 aromatic carbocycles. The number of imide groups is 1. The molecule has 1 N–H and O–H groups in total. The average Bonchev–Trinajstić information content (AvgIpc) is 3.12. The fourth-order valence-electron chi connectivity index (χ4n) is 3.64. The van der Waals surface area contributed by atoms with Gasteiger partial charge in [-0.15, -0.1) is 11.8 Å². The first-order valence-corrected chi connectivity index (χ1v) is 10.5. The molecule has 5 rings (SSSR count). The molecule has 1 aromatic heterocycles. The molecular formula is C21H13Cl2N3O2S. The lowest BCUT2D eigenvalue weighted by Gasteiger charge is -2.33. The van der Waals surface area contributed by atoms with Crippen LogP contribution in [0.5, 0.6) is 0 Å². The highest BCUT2D eigenvalue weighted by molar-refractivity contribution is 8.09. The molecular weight excluding hydrogens is 429 g/mol. The number of fused-ring (bicyclic) bond motifs is 2. The second kappa shape index (κ2) is 7.06. The molecule has 0 spiro atoms. The van der Waals surface area contributed by atoms with Crippen molar-refractivity contribution in [3.63, 3.8) is 0 Å². The van der Waals surface area contributed by atoms with Gasteiger partial charge in [0.15, 0.2) is 0 Å². The molecule has 0 saturated carbocycles. The van der Waals surface area contributed by atoms with Gasteiger partial charge in [-0.3, -0.25) is 9.78 Å². The monoisotopic (exact) mass is 441 g/mol. The van der Waals surface area contributed by atoms with Gasteiger partial charge < -0.3 is 5.32 Å². The molecule has 3 amide bonds. The van der Waals surface area contributed by atoms with Crippen LogP contribution in [0.15, 0.2) is 60.9 Å². The van der Waals surface area contributed by atoms with Gasteiger partial charge in [-0.05, 0) is 18.2 Å². The Balaban J connectivity index is 1.53. The van der Waals surface area contributed by atoms with Crippen LogP contribution in [0.4, 0.5) is 10.5 Å². The Morgan fingerprint density at radius 3 is 2.55 bits per heavy atom. The largest absolute Gasteiger partial charge is 0.329 e. The van der Waals surface area contributed by atoms with Crippen molar-refractivity contribution in [2.45, 2.75) is 11.3 Å². The van der Waals surface area contributed by atoms with Crippen LogP contribution in [0.1, 0.15) is 5.56 Å². The number of urea groups is 1. The Morgan fingerprint density at radius 1 is 1.00 bits per heavy atom. The Kier molecular flexibility index (Phi) is 4.50. The summed E-state index contributed by atoms with van der Waals surface area (Å²) in [6.07, 6.45) is 5.09. The van der Waals surface area contributed by atoms with Crippen LogP contribution in [-0.2, 0) is 4.79 Å². The second-order valence-corrected chi connectivity index (χ2v) is 8.69. The van der Waals surface area contributed by atoms with Crippen LogP contribution in [0.2, 0.25) is 10.0 Å². The van der Waals surface area contributed by atoms with Crippen LogP contribution < -0.4 is 10.2 Å². The minimum Gasteiger partial charge on any atom is -0.329 e. The Morgan fingerprint density at radius 2 is 1.76 bits per heavy atom. The Hall–Kier alpha value is -2.54. The van der Waals surface area contributed by atoms with Crippen LogP contribution in [-0.4, -0.2) is 28.2 Å². The number of nitrogens with zero attached hydrogens (tertiary/aromatic N) is 2. The topological polar surface area (TPSA) is 62.3 Å². The highest BCUT2D eigenvalue weighted by Crippen LogP contribution is 2.46. The molecule has 2 aliphatic heterocycles. The molecule has 0 bridgehead atoms. The van der Waals surface area contributed by atoms with Crippen molar-refractivity contribution in [1.29, 1.82) is 0 Å². The number of anilines is 1. The number of nitrogens with one attached hydrogen (secondary N) is 1. The number of benzene rings is 2. The minimum atomic E-state index is -0.506. The lowest BCUT2D eigenvalue weighted by molar-refractivity contribution is -0.118. The smallest absolute Gasteiger partial charge is 0.329 e. The maximum absolute atomic E-state index is 13.3. The van der Waals surface area contributed by atoms with Crippen molar-refractivity contribution in [1.82, 2.24) is 10.3 Å². The lowest BCUT2D eigenvalue weighted by Crippen LogP contribution is -2.60. The highest BCUT2D eigenvalue weighted by atomic mass is 35.5. The van der Waals surface area contributed by atoms with Crippen molar-refractivity contribution in [3.8, 4) is 0 Å². The number of pyridine rings is 1. The summed E-state index contributed by atoms with van der Waals surface area (Å²) in [4.78, 5) is 32.3. The van der Waals surface area contributed by atoms with E-state index < -0.39 is 17.3 Å². The van der Waals surface area contributed by atoms with E-state index in [1.54, 1.807) is 30.6 Å². The number of rotatable bonds is 2. The number of carbonyl (C=O) groups excluding carboxylic acids is 2. The van der Waals surface area contributed by atoms with E-state index >= 15 is 0 Å². The number of hydrogen-bond donors (Lipinski definition) is 1. The van der Waals surface area contributed by atoms with Gasteiger partial charge in [0.05, 0.1) is 28.0 Å². The van der Waals surface area contributed by atoms with Gasteiger partial charge in [0, 0.05) is 27.4 Å². The van der Waals surface area contributed by atoms with Crippen molar-refractivity contribution in [2.75, 3.05) is 4.90 Å². The zero-order valence-corrected chi connectivity index (χ0v) is 17.1. The van der Waals surface area contributed by atoms with Gasteiger partial charge in [-0.1, -0.05) is 53.5 Å². The van der Waals surface area contributed by atoms with E-state index in [2.05, 4.69) is 10.3 Å². The number of amides is 3. The fourth-order valence-corrected chi connectivity index (χ4v) is 5.69. The molecule has 2 unspecified atom stereocenters.